The molecule has 3 rings (SSSR count). The topological polar surface area (TPSA) is 21.3 Å². The minimum Gasteiger partial charge on any atom is -0.496 e. The summed E-state index contributed by atoms with van der Waals surface area (Å²) in [6.45, 7) is 5.19. The van der Waals surface area contributed by atoms with E-state index in [-0.39, 0.29) is 0 Å². The zero-order chi connectivity index (χ0) is 14.8. The Morgan fingerprint density at radius 3 is 2.62 bits per heavy atom. The third kappa shape index (κ3) is 3.27. The first-order chi connectivity index (χ1) is 10.2. The van der Waals surface area contributed by atoms with Crippen LogP contribution in [0.2, 0.25) is 0 Å². The highest BCUT2D eigenvalue weighted by Crippen LogP contribution is 2.30. The molecule has 1 saturated carbocycles. The number of hydrogen-bond acceptors (Lipinski definition) is 2. The number of nitrogens with one attached hydrogen (secondary N) is 1. The summed E-state index contributed by atoms with van der Waals surface area (Å²) in [6, 6.07) is 13.8. The molecule has 2 aromatic rings. The van der Waals surface area contributed by atoms with Gasteiger partial charge in [0.05, 0.1) is 7.11 Å². The number of aryl methyl sites for hydroxylation is 2. The van der Waals surface area contributed by atoms with Gasteiger partial charge in [0.2, 0.25) is 0 Å². The zero-order valence-electron chi connectivity index (χ0n) is 13.1. The SMILES string of the molecule is COc1ccc(-c2cc(C)ccc2C)cc1CNC1CC1. The second-order valence-corrected chi connectivity index (χ2v) is 6.00. The first-order valence-electron chi connectivity index (χ1n) is 7.65. The molecule has 1 N–H and O–H groups in total. The average molecular weight is 281 g/mol. The monoisotopic (exact) mass is 281 g/mol. The second kappa shape index (κ2) is 5.90. The van der Waals surface area contributed by atoms with Crippen LogP contribution >= 0.6 is 0 Å². The van der Waals surface area contributed by atoms with Gasteiger partial charge in [-0.05, 0) is 55.5 Å². The van der Waals surface area contributed by atoms with E-state index in [2.05, 4.69) is 55.6 Å². The Labute approximate surface area is 127 Å². The van der Waals surface area contributed by atoms with E-state index in [0.29, 0.717) is 6.04 Å². The van der Waals surface area contributed by atoms with Gasteiger partial charge in [0, 0.05) is 18.2 Å². The highest BCUT2D eigenvalue weighted by atomic mass is 16.5. The van der Waals surface area contributed by atoms with Gasteiger partial charge in [-0.25, -0.2) is 0 Å². The van der Waals surface area contributed by atoms with E-state index >= 15 is 0 Å². The van der Waals surface area contributed by atoms with Crippen LogP contribution in [0.25, 0.3) is 11.1 Å². The Balaban J connectivity index is 1.94. The lowest BCUT2D eigenvalue weighted by Gasteiger charge is -2.13. The third-order valence-electron chi connectivity index (χ3n) is 4.14. The fraction of sp³-hybridized carbons (Fsp3) is 0.368. The van der Waals surface area contributed by atoms with Crippen LogP contribution in [0.4, 0.5) is 0 Å². The number of ether oxygens (including phenoxy) is 1. The van der Waals surface area contributed by atoms with Crippen LogP contribution in [0.3, 0.4) is 0 Å². The number of hydrogen-bond donors (Lipinski definition) is 1. The van der Waals surface area contributed by atoms with Gasteiger partial charge in [0.15, 0.2) is 0 Å². The Morgan fingerprint density at radius 1 is 1.10 bits per heavy atom. The predicted molar refractivity (Wildman–Crippen MR) is 87.8 cm³/mol. The largest absolute Gasteiger partial charge is 0.496 e. The molecule has 1 aliphatic carbocycles. The van der Waals surface area contributed by atoms with Crippen LogP contribution in [0.1, 0.15) is 29.5 Å². The maximum atomic E-state index is 5.50. The second-order valence-electron chi connectivity index (χ2n) is 6.00. The van der Waals surface area contributed by atoms with Crippen molar-refractivity contribution in [2.45, 2.75) is 39.3 Å². The van der Waals surface area contributed by atoms with Crippen LogP contribution in [-0.4, -0.2) is 13.2 Å². The summed E-state index contributed by atoms with van der Waals surface area (Å²) in [4.78, 5) is 0. The maximum Gasteiger partial charge on any atom is 0.123 e. The average Bonchev–Trinajstić information content (AvgIpc) is 3.31. The molecule has 0 heterocycles. The van der Waals surface area contributed by atoms with Crippen LogP contribution < -0.4 is 10.1 Å². The lowest BCUT2D eigenvalue weighted by molar-refractivity contribution is 0.407. The Morgan fingerprint density at radius 2 is 1.90 bits per heavy atom. The molecule has 0 atom stereocenters. The lowest BCUT2D eigenvalue weighted by atomic mass is 9.96. The van der Waals surface area contributed by atoms with Gasteiger partial charge in [-0.3, -0.25) is 0 Å². The molecule has 1 aliphatic rings. The molecule has 2 heteroatoms. The molecule has 0 saturated heterocycles. The minimum atomic E-state index is 0.707. The molecule has 0 spiro atoms. The summed E-state index contributed by atoms with van der Waals surface area (Å²) in [5, 5.41) is 3.57. The van der Waals surface area contributed by atoms with Crippen LogP contribution in [0, 0.1) is 13.8 Å². The number of methoxy groups -OCH3 is 1. The van der Waals surface area contributed by atoms with Crippen LogP contribution in [-0.2, 0) is 6.54 Å². The maximum absolute atomic E-state index is 5.50. The van der Waals surface area contributed by atoms with Crippen molar-refractivity contribution in [3.8, 4) is 16.9 Å². The third-order valence-corrected chi connectivity index (χ3v) is 4.14. The summed E-state index contributed by atoms with van der Waals surface area (Å²) in [6.07, 6.45) is 2.61. The van der Waals surface area contributed by atoms with E-state index in [1.54, 1.807) is 7.11 Å². The van der Waals surface area contributed by atoms with E-state index in [9.17, 15) is 0 Å². The van der Waals surface area contributed by atoms with Gasteiger partial charge in [0.25, 0.3) is 0 Å². The van der Waals surface area contributed by atoms with Gasteiger partial charge in [0.1, 0.15) is 5.75 Å². The van der Waals surface area contributed by atoms with Crippen molar-refractivity contribution < 1.29 is 4.74 Å². The van der Waals surface area contributed by atoms with E-state index in [1.165, 1.54) is 40.7 Å². The Bertz CT molecular complexity index is 644. The normalized spacial score (nSPS) is 14.2. The van der Waals surface area contributed by atoms with E-state index in [0.717, 1.165) is 12.3 Å². The number of rotatable bonds is 5. The highest BCUT2D eigenvalue weighted by molar-refractivity contribution is 5.69. The molecule has 2 aromatic carbocycles. The molecule has 0 aromatic heterocycles. The van der Waals surface area contributed by atoms with Crippen molar-refractivity contribution in [2.75, 3.05) is 7.11 Å². The van der Waals surface area contributed by atoms with Gasteiger partial charge in [-0.2, -0.15) is 0 Å². The summed E-state index contributed by atoms with van der Waals surface area (Å²) in [5.41, 5.74) is 6.42. The van der Waals surface area contributed by atoms with Crippen molar-refractivity contribution in [1.82, 2.24) is 5.32 Å². The highest BCUT2D eigenvalue weighted by Gasteiger charge is 2.20. The van der Waals surface area contributed by atoms with Gasteiger partial charge in [-0.15, -0.1) is 0 Å². The Hall–Kier alpha value is -1.80. The van der Waals surface area contributed by atoms with E-state index in [1.807, 2.05) is 0 Å². The van der Waals surface area contributed by atoms with Crippen molar-refractivity contribution in [1.29, 1.82) is 0 Å². The van der Waals surface area contributed by atoms with E-state index < -0.39 is 0 Å². The van der Waals surface area contributed by atoms with Gasteiger partial charge in [-0.1, -0.05) is 29.8 Å². The molecule has 21 heavy (non-hydrogen) atoms. The van der Waals surface area contributed by atoms with Crippen molar-refractivity contribution in [3.05, 3.63) is 53.1 Å². The summed E-state index contributed by atoms with van der Waals surface area (Å²) in [7, 11) is 1.74. The summed E-state index contributed by atoms with van der Waals surface area (Å²) < 4.78 is 5.50. The fourth-order valence-corrected chi connectivity index (χ4v) is 2.67. The standard InChI is InChI=1S/C19H23NO/c1-13-4-5-14(2)18(10-13)15-6-9-19(21-3)16(11-15)12-20-17-7-8-17/h4-6,9-11,17,20H,7-8,12H2,1-3H3. The lowest BCUT2D eigenvalue weighted by Crippen LogP contribution is -2.15. The summed E-state index contributed by atoms with van der Waals surface area (Å²) in [5.74, 6) is 0.970. The molecule has 0 unspecified atom stereocenters. The van der Waals surface area contributed by atoms with Crippen molar-refractivity contribution in [3.63, 3.8) is 0 Å². The molecule has 110 valence electrons. The first-order valence-corrected chi connectivity index (χ1v) is 7.65. The predicted octanol–water partition coefficient (Wildman–Crippen LogP) is 4.23. The molecule has 1 fully saturated rings. The summed E-state index contributed by atoms with van der Waals surface area (Å²) >= 11 is 0. The Kier molecular flexibility index (Phi) is 3.98. The van der Waals surface area contributed by atoms with Crippen molar-refractivity contribution >= 4 is 0 Å². The molecule has 0 bridgehead atoms. The van der Waals surface area contributed by atoms with Crippen LogP contribution in [0.5, 0.6) is 5.75 Å². The smallest absolute Gasteiger partial charge is 0.123 e. The minimum absolute atomic E-state index is 0.707. The molecule has 2 nitrogen and oxygen atoms in total. The first kappa shape index (κ1) is 14.2. The van der Waals surface area contributed by atoms with Crippen LogP contribution in [0.15, 0.2) is 36.4 Å². The zero-order valence-corrected chi connectivity index (χ0v) is 13.1. The van der Waals surface area contributed by atoms with Gasteiger partial charge >= 0.3 is 0 Å². The van der Waals surface area contributed by atoms with Crippen molar-refractivity contribution in [2.24, 2.45) is 0 Å². The van der Waals surface area contributed by atoms with E-state index in [4.69, 9.17) is 4.74 Å². The fourth-order valence-electron chi connectivity index (χ4n) is 2.67. The number of benzene rings is 2. The van der Waals surface area contributed by atoms with Gasteiger partial charge < -0.3 is 10.1 Å². The quantitative estimate of drug-likeness (QED) is 0.885. The molecule has 0 aliphatic heterocycles. The molecule has 0 amide bonds. The molecular formula is C19H23NO. The molecule has 0 radical (unpaired) electrons. The molecular weight excluding hydrogens is 258 g/mol.